The van der Waals surface area contributed by atoms with Gasteiger partial charge in [-0.25, -0.2) is 9.07 Å². The number of ether oxygens (including phenoxy) is 1. The van der Waals surface area contributed by atoms with E-state index in [1.165, 1.54) is 12.1 Å². The highest BCUT2D eigenvalue weighted by Gasteiger charge is 2.05. The molecule has 0 spiro atoms. The molecule has 0 N–H and O–H groups in total. The van der Waals surface area contributed by atoms with Crippen molar-refractivity contribution in [3.8, 4) is 17.2 Å². The van der Waals surface area contributed by atoms with Crippen LogP contribution in [0.5, 0.6) is 11.5 Å². The van der Waals surface area contributed by atoms with E-state index in [4.69, 9.17) is 4.74 Å². The number of nitrogens with zero attached hydrogens (tertiary/aromatic N) is 2. The Morgan fingerprint density at radius 3 is 2.70 bits per heavy atom. The predicted octanol–water partition coefficient (Wildman–Crippen LogP) is 4.11. The number of aryl methyl sites for hydroxylation is 1. The third kappa shape index (κ3) is 2.54. The molecular weight excluding hydrogens is 255 g/mol. The number of rotatable bonds is 3. The molecule has 20 heavy (non-hydrogen) atoms. The minimum atomic E-state index is -0.325. The van der Waals surface area contributed by atoms with Gasteiger partial charge in [-0.2, -0.15) is 5.10 Å². The van der Waals surface area contributed by atoms with Crippen LogP contribution in [0.2, 0.25) is 0 Å². The first-order chi connectivity index (χ1) is 9.72. The van der Waals surface area contributed by atoms with Gasteiger partial charge >= 0.3 is 0 Å². The van der Waals surface area contributed by atoms with Crippen molar-refractivity contribution in [2.75, 3.05) is 0 Å². The molecule has 0 fully saturated rings. The summed E-state index contributed by atoms with van der Waals surface area (Å²) >= 11 is 0. The Bertz CT molecular complexity index is 737. The minimum absolute atomic E-state index is 0.325. The fourth-order valence-electron chi connectivity index (χ4n) is 1.98. The molecule has 0 unspecified atom stereocenters. The van der Waals surface area contributed by atoms with Crippen molar-refractivity contribution in [3.63, 3.8) is 0 Å². The summed E-state index contributed by atoms with van der Waals surface area (Å²) in [4.78, 5) is 0. The Kier molecular flexibility index (Phi) is 3.21. The van der Waals surface area contributed by atoms with E-state index in [-0.39, 0.29) is 5.82 Å². The molecule has 1 aromatic heterocycles. The van der Waals surface area contributed by atoms with Crippen molar-refractivity contribution in [1.82, 2.24) is 9.78 Å². The Labute approximate surface area is 116 Å². The van der Waals surface area contributed by atoms with Crippen molar-refractivity contribution in [2.45, 2.75) is 6.92 Å². The van der Waals surface area contributed by atoms with Crippen LogP contribution in [0.15, 0.2) is 60.9 Å². The van der Waals surface area contributed by atoms with E-state index in [1.54, 1.807) is 29.2 Å². The smallest absolute Gasteiger partial charge is 0.165 e. The second-order valence-electron chi connectivity index (χ2n) is 4.47. The Morgan fingerprint density at radius 2 is 1.90 bits per heavy atom. The third-order valence-corrected chi connectivity index (χ3v) is 2.95. The molecule has 3 aromatic rings. The SMILES string of the molecule is Cc1ccccc1-n1cc(Oc2cccc(F)c2)cn1. The molecule has 4 heteroatoms. The summed E-state index contributed by atoms with van der Waals surface area (Å²) in [5.74, 6) is 0.696. The quantitative estimate of drug-likeness (QED) is 0.714. The number of benzene rings is 2. The monoisotopic (exact) mass is 268 g/mol. The number of aromatic nitrogens is 2. The largest absolute Gasteiger partial charge is 0.454 e. The number of hydrogen-bond acceptors (Lipinski definition) is 2. The lowest BCUT2D eigenvalue weighted by Gasteiger charge is -2.04. The predicted molar refractivity (Wildman–Crippen MR) is 74.8 cm³/mol. The van der Waals surface area contributed by atoms with Crippen LogP contribution >= 0.6 is 0 Å². The van der Waals surface area contributed by atoms with Gasteiger partial charge in [0.2, 0.25) is 0 Å². The van der Waals surface area contributed by atoms with Gasteiger partial charge in [0.25, 0.3) is 0 Å². The molecule has 0 atom stereocenters. The Balaban J connectivity index is 1.86. The molecular formula is C16H13FN2O. The van der Waals surface area contributed by atoms with Crippen molar-refractivity contribution < 1.29 is 9.13 Å². The highest BCUT2D eigenvalue weighted by atomic mass is 19.1. The molecule has 0 aliphatic heterocycles. The molecule has 100 valence electrons. The summed E-state index contributed by atoms with van der Waals surface area (Å²) in [5.41, 5.74) is 2.11. The molecule has 3 nitrogen and oxygen atoms in total. The van der Waals surface area contributed by atoms with E-state index in [0.29, 0.717) is 11.5 Å². The van der Waals surface area contributed by atoms with Crippen LogP contribution in [0, 0.1) is 12.7 Å². The third-order valence-electron chi connectivity index (χ3n) is 2.95. The minimum Gasteiger partial charge on any atom is -0.454 e. The normalized spacial score (nSPS) is 10.5. The average molecular weight is 268 g/mol. The lowest BCUT2D eigenvalue weighted by Crippen LogP contribution is -1.96. The van der Waals surface area contributed by atoms with Crippen LogP contribution in [0.1, 0.15) is 5.56 Å². The van der Waals surface area contributed by atoms with Crippen molar-refractivity contribution >= 4 is 0 Å². The summed E-state index contributed by atoms with van der Waals surface area (Å²) in [7, 11) is 0. The zero-order chi connectivity index (χ0) is 13.9. The van der Waals surface area contributed by atoms with Crippen LogP contribution in [-0.2, 0) is 0 Å². The van der Waals surface area contributed by atoms with E-state index >= 15 is 0 Å². The Morgan fingerprint density at radius 1 is 1.05 bits per heavy atom. The second kappa shape index (κ2) is 5.17. The van der Waals surface area contributed by atoms with Crippen molar-refractivity contribution in [3.05, 3.63) is 72.3 Å². The van der Waals surface area contributed by atoms with Crippen LogP contribution in [-0.4, -0.2) is 9.78 Å². The van der Waals surface area contributed by atoms with Crippen LogP contribution in [0.3, 0.4) is 0 Å². The highest BCUT2D eigenvalue weighted by Crippen LogP contribution is 2.23. The van der Waals surface area contributed by atoms with Crippen LogP contribution < -0.4 is 4.74 Å². The molecule has 0 amide bonds. The lowest BCUT2D eigenvalue weighted by atomic mass is 10.2. The first-order valence-corrected chi connectivity index (χ1v) is 6.26. The zero-order valence-electron chi connectivity index (χ0n) is 11.0. The Hall–Kier alpha value is -2.62. The second-order valence-corrected chi connectivity index (χ2v) is 4.47. The molecule has 0 aliphatic rings. The van der Waals surface area contributed by atoms with E-state index < -0.39 is 0 Å². The van der Waals surface area contributed by atoms with E-state index in [2.05, 4.69) is 5.10 Å². The van der Waals surface area contributed by atoms with Gasteiger partial charge in [-0.3, -0.25) is 0 Å². The molecule has 3 rings (SSSR count). The molecule has 0 radical (unpaired) electrons. The first kappa shape index (κ1) is 12.4. The summed E-state index contributed by atoms with van der Waals surface area (Å²) in [5, 5.41) is 4.26. The average Bonchev–Trinajstić information content (AvgIpc) is 2.87. The molecule has 0 saturated heterocycles. The summed E-state index contributed by atoms with van der Waals surface area (Å²) < 4.78 is 20.4. The standard InChI is InChI=1S/C16H13FN2O/c1-12-5-2-3-8-16(12)19-11-15(10-18-19)20-14-7-4-6-13(17)9-14/h2-11H,1H3. The summed E-state index contributed by atoms with van der Waals surface area (Å²) in [6.45, 7) is 2.02. The van der Waals surface area contributed by atoms with Gasteiger partial charge < -0.3 is 4.74 Å². The molecule has 1 heterocycles. The highest BCUT2D eigenvalue weighted by molar-refractivity contribution is 5.40. The van der Waals surface area contributed by atoms with E-state index in [1.807, 2.05) is 31.2 Å². The van der Waals surface area contributed by atoms with Crippen molar-refractivity contribution in [1.29, 1.82) is 0 Å². The number of halogens is 1. The van der Waals surface area contributed by atoms with Gasteiger partial charge in [0.1, 0.15) is 11.6 Å². The molecule has 0 aliphatic carbocycles. The fraction of sp³-hybridized carbons (Fsp3) is 0.0625. The maximum Gasteiger partial charge on any atom is 0.165 e. The van der Waals surface area contributed by atoms with Gasteiger partial charge in [-0.15, -0.1) is 0 Å². The fourth-order valence-corrected chi connectivity index (χ4v) is 1.98. The van der Waals surface area contributed by atoms with Crippen molar-refractivity contribution in [2.24, 2.45) is 0 Å². The van der Waals surface area contributed by atoms with E-state index in [0.717, 1.165) is 11.3 Å². The van der Waals surface area contributed by atoms with E-state index in [9.17, 15) is 4.39 Å². The van der Waals surface area contributed by atoms with Crippen LogP contribution in [0.4, 0.5) is 4.39 Å². The molecule has 2 aromatic carbocycles. The summed E-state index contributed by atoms with van der Waals surface area (Å²) in [6, 6.07) is 14.0. The maximum atomic E-state index is 13.1. The van der Waals surface area contributed by atoms with Gasteiger partial charge in [-0.1, -0.05) is 24.3 Å². The number of hydrogen-bond donors (Lipinski definition) is 0. The van der Waals surface area contributed by atoms with Gasteiger partial charge in [0.15, 0.2) is 5.75 Å². The molecule has 0 saturated carbocycles. The topological polar surface area (TPSA) is 27.1 Å². The number of para-hydroxylation sites is 1. The zero-order valence-corrected chi connectivity index (χ0v) is 11.0. The first-order valence-electron chi connectivity index (χ1n) is 6.26. The van der Waals surface area contributed by atoms with Gasteiger partial charge in [-0.05, 0) is 30.7 Å². The lowest BCUT2D eigenvalue weighted by molar-refractivity contribution is 0.476. The van der Waals surface area contributed by atoms with Gasteiger partial charge in [0, 0.05) is 6.07 Å². The van der Waals surface area contributed by atoms with Gasteiger partial charge in [0.05, 0.1) is 18.1 Å². The maximum absolute atomic E-state index is 13.1. The summed E-state index contributed by atoms with van der Waals surface area (Å²) in [6.07, 6.45) is 3.38. The molecule has 0 bridgehead atoms. The van der Waals surface area contributed by atoms with Crippen LogP contribution in [0.25, 0.3) is 5.69 Å².